The number of rotatable bonds is 0. The number of hydrogen-bond acceptors (Lipinski definition) is 1. The lowest BCUT2D eigenvalue weighted by atomic mass is 9.91. The minimum Gasteiger partial charge on any atom is -0.295 e. The van der Waals surface area contributed by atoms with Gasteiger partial charge in [0.1, 0.15) is 0 Å². The summed E-state index contributed by atoms with van der Waals surface area (Å²) < 4.78 is 0. The minimum absolute atomic E-state index is 0.323. The largest absolute Gasteiger partial charge is 0.295 e. The van der Waals surface area contributed by atoms with Gasteiger partial charge in [0.25, 0.3) is 0 Å². The predicted octanol–water partition coefficient (Wildman–Crippen LogP) is 1.85. The molecule has 0 saturated carbocycles. The second-order valence-electron chi connectivity index (χ2n) is 3.00. The van der Waals surface area contributed by atoms with Crippen molar-refractivity contribution in [2.75, 3.05) is 0 Å². The van der Waals surface area contributed by atoms with Crippen molar-refractivity contribution < 1.29 is 4.79 Å². The van der Waals surface area contributed by atoms with Crippen molar-refractivity contribution in [2.45, 2.75) is 19.3 Å². The number of allylic oxidation sites excluding steroid dienone is 4. The smallest absolute Gasteiger partial charge is 0.156 e. The molecule has 0 N–H and O–H groups in total. The predicted molar refractivity (Wildman–Crippen MR) is 39.6 cm³/mol. The molecule has 0 spiro atoms. The van der Waals surface area contributed by atoms with Gasteiger partial charge in [0.2, 0.25) is 0 Å². The zero-order chi connectivity index (χ0) is 6.97. The Balaban J connectivity index is 2.26. The van der Waals surface area contributed by atoms with Gasteiger partial charge < -0.3 is 0 Å². The lowest BCUT2D eigenvalue weighted by molar-refractivity contribution is -0.114. The molecule has 0 fully saturated rings. The molecular formula is C9H10O. The summed E-state index contributed by atoms with van der Waals surface area (Å²) >= 11 is 0. The van der Waals surface area contributed by atoms with E-state index in [9.17, 15) is 4.79 Å². The molecule has 0 amide bonds. The van der Waals surface area contributed by atoms with E-state index in [1.54, 1.807) is 0 Å². The first-order valence-corrected chi connectivity index (χ1v) is 3.74. The second kappa shape index (κ2) is 2.08. The highest BCUT2D eigenvalue weighted by molar-refractivity contribution is 5.93. The van der Waals surface area contributed by atoms with E-state index in [0.717, 1.165) is 19.3 Å². The molecule has 0 aromatic carbocycles. The molecule has 1 unspecified atom stereocenters. The van der Waals surface area contributed by atoms with E-state index >= 15 is 0 Å². The van der Waals surface area contributed by atoms with Gasteiger partial charge in [-0.25, -0.2) is 0 Å². The van der Waals surface area contributed by atoms with Gasteiger partial charge in [-0.05, 0) is 24.8 Å². The Kier molecular flexibility index (Phi) is 1.23. The van der Waals surface area contributed by atoms with Gasteiger partial charge in [-0.1, -0.05) is 17.7 Å². The summed E-state index contributed by atoms with van der Waals surface area (Å²) in [6.45, 7) is 0. The van der Waals surface area contributed by atoms with Crippen LogP contribution in [0.1, 0.15) is 19.3 Å². The summed E-state index contributed by atoms with van der Waals surface area (Å²) in [4.78, 5) is 10.9. The Morgan fingerprint density at radius 2 is 2.30 bits per heavy atom. The maximum atomic E-state index is 10.9. The van der Waals surface area contributed by atoms with Crippen molar-refractivity contribution in [3.05, 3.63) is 23.8 Å². The molecule has 0 bridgehead atoms. The lowest BCUT2D eigenvalue weighted by Gasteiger charge is -2.13. The third kappa shape index (κ3) is 0.821. The van der Waals surface area contributed by atoms with Gasteiger partial charge in [-0.15, -0.1) is 0 Å². The Morgan fingerprint density at radius 1 is 1.40 bits per heavy atom. The third-order valence-corrected chi connectivity index (χ3v) is 2.26. The maximum Gasteiger partial charge on any atom is 0.156 e. The van der Waals surface area contributed by atoms with Crippen molar-refractivity contribution in [3.63, 3.8) is 0 Å². The summed E-state index contributed by atoms with van der Waals surface area (Å²) in [5.41, 5.74) is 1.35. The highest BCUT2D eigenvalue weighted by Gasteiger charge is 2.24. The fourth-order valence-electron chi connectivity index (χ4n) is 1.70. The van der Waals surface area contributed by atoms with Crippen LogP contribution in [-0.2, 0) is 4.79 Å². The molecule has 2 aliphatic carbocycles. The Morgan fingerprint density at radius 3 is 3.10 bits per heavy atom. The second-order valence-corrected chi connectivity index (χ2v) is 3.00. The highest BCUT2D eigenvalue weighted by atomic mass is 16.1. The monoisotopic (exact) mass is 134 g/mol. The molecule has 52 valence electrons. The fourth-order valence-corrected chi connectivity index (χ4v) is 1.70. The van der Waals surface area contributed by atoms with Crippen molar-refractivity contribution in [3.8, 4) is 0 Å². The number of fused-ring (bicyclic) bond motifs is 1. The molecule has 2 rings (SSSR count). The van der Waals surface area contributed by atoms with E-state index in [4.69, 9.17) is 0 Å². The molecule has 1 heteroatoms. The number of carbonyl (C=O) groups is 1. The van der Waals surface area contributed by atoms with E-state index in [0.29, 0.717) is 11.7 Å². The third-order valence-electron chi connectivity index (χ3n) is 2.26. The van der Waals surface area contributed by atoms with Gasteiger partial charge in [0.05, 0.1) is 0 Å². The Labute approximate surface area is 60.4 Å². The van der Waals surface area contributed by atoms with Crippen LogP contribution >= 0.6 is 0 Å². The van der Waals surface area contributed by atoms with Crippen molar-refractivity contribution in [2.24, 2.45) is 5.92 Å². The first-order valence-electron chi connectivity index (χ1n) is 3.74. The normalized spacial score (nSPS) is 30.2. The average Bonchev–Trinajstić information content (AvgIpc) is 2.27. The first-order chi connectivity index (χ1) is 4.86. The molecule has 0 aliphatic heterocycles. The summed E-state index contributed by atoms with van der Waals surface area (Å²) in [5.74, 6) is 0.890. The molecule has 0 aromatic rings. The van der Waals surface area contributed by atoms with Gasteiger partial charge in [0.15, 0.2) is 5.78 Å². The van der Waals surface area contributed by atoms with Crippen LogP contribution < -0.4 is 0 Å². The Bertz CT molecular complexity index is 223. The molecule has 1 nitrogen and oxygen atoms in total. The average molecular weight is 134 g/mol. The van der Waals surface area contributed by atoms with E-state index in [2.05, 4.69) is 12.2 Å². The fraction of sp³-hybridized carbons (Fsp3) is 0.444. The summed E-state index contributed by atoms with van der Waals surface area (Å²) in [6.07, 6.45) is 9.02. The van der Waals surface area contributed by atoms with Crippen LogP contribution in [0, 0.1) is 5.92 Å². The van der Waals surface area contributed by atoms with Crippen molar-refractivity contribution in [1.82, 2.24) is 0 Å². The quantitative estimate of drug-likeness (QED) is 0.462. The molecule has 2 aliphatic rings. The molecule has 0 saturated heterocycles. The standard InChI is InChI=1S/C9H10O/c10-9-5-7-3-1-2-4-8(7)6-9/h1-2,5,8H,3-4,6H2. The van der Waals surface area contributed by atoms with E-state index in [1.807, 2.05) is 6.08 Å². The van der Waals surface area contributed by atoms with Crippen molar-refractivity contribution in [1.29, 1.82) is 0 Å². The summed E-state index contributed by atoms with van der Waals surface area (Å²) in [7, 11) is 0. The molecule has 1 atom stereocenters. The minimum atomic E-state index is 0.323. The summed E-state index contributed by atoms with van der Waals surface area (Å²) in [6, 6.07) is 0. The van der Waals surface area contributed by atoms with Crippen LogP contribution in [0.25, 0.3) is 0 Å². The van der Waals surface area contributed by atoms with E-state index in [1.165, 1.54) is 5.57 Å². The zero-order valence-corrected chi connectivity index (χ0v) is 5.84. The van der Waals surface area contributed by atoms with Crippen molar-refractivity contribution >= 4 is 5.78 Å². The van der Waals surface area contributed by atoms with Crippen LogP contribution in [0.4, 0.5) is 0 Å². The maximum absolute atomic E-state index is 10.9. The van der Waals surface area contributed by atoms with E-state index in [-0.39, 0.29) is 0 Å². The summed E-state index contributed by atoms with van der Waals surface area (Å²) in [5, 5.41) is 0. The first kappa shape index (κ1) is 5.90. The van der Waals surface area contributed by atoms with Crippen LogP contribution in [0.2, 0.25) is 0 Å². The zero-order valence-electron chi connectivity index (χ0n) is 5.84. The Hall–Kier alpha value is -0.850. The molecule has 0 heterocycles. The van der Waals surface area contributed by atoms with Crippen LogP contribution in [-0.4, -0.2) is 5.78 Å². The lowest BCUT2D eigenvalue weighted by Crippen LogP contribution is -2.01. The molecule has 10 heavy (non-hydrogen) atoms. The van der Waals surface area contributed by atoms with Gasteiger partial charge in [0, 0.05) is 6.42 Å². The van der Waals surface area contributed by atoms with E-state index < -0.39 is 0 Å². The molecule has 0 radical (unpaired) electrons. The molecular weight excluding hydrogens is 124 g/mol. The SMILES string of the molecule is O=C1C=C2CC=CCC2C1. The number of hydrogen-bond donors (Lipinski definition) is 0. The molecule has 0 aromatic heterocycles. The van der Waals surface area contributed by atoms with Gasteiger partial charge in [-0.2, -0.15) is 0 Å². The van der Waals surface area contributed by atoms with Gasteiger partial charge >= 0.3 is 0 Å². The van der Waals surface area contributed by atoms with Crippen LogP contribution in [0.15, 0.2) is 23.8 Å². The van der Waals surface area contributed by atoms with Crippen LogP contribution in [0.5, 0.6) is 0 Å². The van der Waals surface area contributed by atoms with Crippen LogP contribution in [0.3, 0.4) is 0 Å². The number of carbonyl (C=O) groups excluding carboxylic acids is 1. The van der Waals surface area contributed by atoms with Gasteiger partial charge in [-0.3, -0.25) is 4.79 Å². The number of ketones is 1. The highest BCUT2D eigenvalue weighted by Crippen LogP contribution is 2.32. The topological polar surface area (TPSA) is 17.1 Å².